The first-order chi connectivity index (χ1) is 14.6. The summed E-state index contributed by atoms with van der Waals surface area (Å²) < 4.78 is 28.6. The highest BCUT2D eigenvalue weighted by atomic mass is 127. The molecule has 0 aromatic carbocycles. The van der Waals surface area contributed by atoms with E-state index in [-0.39, 0.29) is 27.4 Å². The van der Waals surface area contributed by atoms with Gasteiger partial charge in [-0.2, -0.15) is 8.42 Å². The van der Waals surface area contributed by atoms with Crippen LogP contribution < -0.4 is 15.4 Å². The van der Waals surface area contributed by atoms with Crippen molar-refractivity contribution < 1.29 is 13.2 Å². The highest BCUT2D eigenvalue weighted by Gasteiger charge is 2.40. The number of pyridine rings is 2. The predicted molar refractivity (Wildman–Crippen MR) is 134 cm³/mol. The van der Waals surface area contributed by atoms with Gasteiger partial charge in [0.25, 0.3) is 15.9 Å². The van der Waals surface area contributed by atoms with E-state index in [1.807, 2.05) is 0 Å². The number of nitrogens with zero attached hydrogens (tertiary/aromatic N) is 3. The lowest BCUT2D eigenvalue weighted by Crippen LogP contribution is -2.41. The molecule has 2 aromatic rings. The van der Waals surface area contributed by atoms with Gasteiger partial charge in [-0.15, -0.1) is 0 Å². The number of nitrogen functional groups attached to an aromatic ring is 1. The van der Waals surface area contributed by atoms with Gasteiger partial charge in [-0.3, -0.25) is 4.79 Å². The van der Waals surface area contributed by atoms with Gasteiger partial charge in [-0.1, -0.05) is 33.8 Å². The molecule has 3 N–H and O–H groups in total. The van der Waals surface area contributed by atoms with Crippen LogP contribution in [-0.2, 0) is 15.4 Å². The van der Waals surface area contributed by atoms with E-state index in [1.54, 1.807) is 6.07 Å². The third-order valence-corrected chi connectivity index (χ3v) is 7.54. The standard InChI is InChI=1S/C22H30IN5O3S/c1-13-11-22(5,6)28(12-13)19-14(10-15(23)18(26-19)21(2,3)4)20(29)27-32(30,31)17-9-7-8-16(24)25-17/h7-10,13H,11-12H2,1-6H3,(H2,24,25)(H,27,29). The van der Waals surface area contributed by atoms with Crippen molar-refractivity contribution in [2.45, 2.75) is 63.9 Å². The normalized spacial score (nSPS) is 18.6. The molecule has 174 valence electrons. The van der Waals surface area contributed by atoms with Gasteiger partial charge in [0.2, 0.25) is 0 Å². The first-order valence-electron chi connectivity index (χ1n) is 10.4. The van der Waals surface area contributed by atoms with E-state index in [2.05, 4.69) is 78.7 Å². The minimum absolute atomic E-state index is 0.0552. The summed E-state index contributed by atoms with van der Waals surface area (Å²) >= 11 is 2.15. The van der Waals surface area contributed by atoms with E-state index in [1.165, 1.54) is 18.2 Å². The molecule has 3 rings (SSSR count). The molecule has 1 saturated heterocycles. The van der Waals surface area contributed by atoms with Gasteiger partial charge in [0.05, 0.1) is 11.3 Å². The quantitative estimate of drug-likeness (QED) is 0.538. The van der Waals surface area contributed by atoms with Gasteiger partial charge in [0.15, 0.2) is 5.03 Å². The zero-order valence-electron chi connectivity index (χ0n) is 19.2. The minimum atomic E-state index is -4.20. The molecule has 8 nitrogen and oxygen atoms in total. The van der Waals surface area contributed by atoms with Gasteiger partial charge in [0, 0.05) is 21.1 Å². The van der Waals surface area contributed by atoms with Crippen LogP contribution in [0.1, 0.15) is 64.0 Å². The fourth-order valence-electron chi connectivity index (χ4n) is 4.15. The number of nitrogens with two attached hydrogens (primary N) is 1. The van der Waals surface area contributed by atoms with Gasteiger partial charge >= 0.3 is 0 Å². The van der Waals surface area contributed by atoms with Crippen LogP contribution in [0.3, 0.4) is 0 Å². The molecule has 1 unspecified atom stereocenters. The minimum Gasteiger partial charge on any atom is -0.384 e. The molecule has 3 heterocycles. The maximum atomic E-state index is 13.3. The summed E-state index contributed by atoms with van der Waals surface area (Å²) in [4.78, 5) is 24.2. The Morgan fingerprint density at radius 2 is 1.94 bits per heavy atom. The molecule has 1 aliphatic heterocycles. The third kappa shape index (κ3) is 5.00. The fraction of sp³-hybridized carbons (Fsp3) is 0.500. The second-order valence-corrected chi connectivity index (χ2v) is 12.8. The number of sulfonamides is 1. The summed E-state index contributed by atoms with van der Waals surface area (Å²) in [6.45, 7) is 13.3. The highest BCUT2D eigenvalue weighted by molar-refractivity contribution is 14.1. The summed E-state index contributed by atoms with van der Waals surface area (Å²) in [6, 6.07) is 5.97. The van der Waals surface area contributed by atoms with E-state index >= 15 is 0 Å². The van der Waals surface area contributed by atoms with E-state index in [0.29, 0.717) is 11.7 Å². The van der Waals surface area contributed by atoms with Crippen LogP contribution >= 0.6 is 22.6 Å². The maximum Gasteiger partial charge on any atom is 0.281 e. The number of carbonyl (C=O) groups excluding carboxylic acids is 1. The molecular formula is C22H30IN5O3S. The van der Waals surface area contributed by atoms with Crippen molar-refractivity contribution in [3.63, 3.8) is 0 Å². The average molecular weight is 571 g/mol. The number of hydrogen-bond donors (Lipinski definition) is 2. The van der Waals surface area contributed by atoms with Gasteiger partial charge < -0.3 is 10.6 Å². The molecule has 1 fully saturated rings. The molecule has 10 heteroatoms. The molecule has 1 amide bonds. The summed E-state index contributed by atoms with van der Waals surface area (Å²) in [5.41, 5.74) is 6.23. The summed E-state index contributed by atoms with van der Waals surface area (Å²) in [7, 11) is -4.20. The number of anilines is 2. The Hall–Kier alpha value is -1.95. The second-order valence-electron chi connectivity index (χ2n) is 10.0. The van der Waals surface area contributed by atoms with Crippen molar-refractivity contribution in [3.05, 3.63) is 39.1 Å². The molecule has 2 aromatic heterocycles. The Balaban J connectivity index is 2.11. The number of amides is 1. The average Bonchev–Trinajstić information content (AvgIpc) is 2.92. The maximum absolute atomic E-state index is 13.3. The van der Waals surface area contributed by atoms with E-state index in [4.69, 9.17) is 10.7 Å². The zero-order chi connectivity index (χ0) is 24.1. The van der Waals surface area contributed by atoms with E-state index in [0.717, 1.165) is 22.2 Å². The lowest BCUT2D eigenvalue weighted by molar-refractivity contribution is 0.0981. The smallest absolute Gasteiger partial charge is 0.281 e. The van der Waals surface area contributed by atoms with Crippen molar-refractivity contribution in [1.82, 2.24) is 14.7 Å². The number of hydrogen-bond acceptors (Lipinski definition) is 7. The third-order valence-electron chi connectivity index (χ3n) is 5.49. The summed E-state index contributed by atoms with van der Waals surface area (Å²) in [5.74, 6) is 0.225. The zero-order valence-corrected chi connectivity index (χ0v) is 22.2. The topological polar surface area (TPSA) is 118 Å². The van der Waals surface area contributed by atoms with Gasteiger partial charge in [-0.05, 0) is 67.0 Å². The molecule has 32 heavy (non-hydrogen) atoms. The molecule has 0 aliphatic carbocycles. The van der Waals surface area contributed by atoms with Crippen molar-refractivity contribution in [3.8, 4) is 0 Å². The number of rotatable bonds is 4. The molecule has 0 saturated carbocycles. The molecule has 1 aliphatic rings. The van der Waals surface area contributed by atoms with E-state index < -0.39 is 15.9 Å². The molecule has 1 atom stereocenters. The molecular weight excluding hydrogens is 541 g/mol. The van der Waals surface area contributed by atoms with Gasteiger partial charge in [0.1, 0.15) is 11.6 Å². The highest BCUT2D eigenvalue weighted by Crippen LogP contribution is 2.39. The van der Waals surface area contributed by atoms with Crippen LogP contribution in [0.25, 0.3) is 0 Å². The first kappa shape index (κ1) is 24.7. The Labute approximate surface area is 203 Å². The van der Waals surface area contributed by atoms with Crippen molar-refractivity contribution in [2.24, 2.45) is 5.92 Å². The van der Waals surface area contributed by atoms with Crippen molar-refractivity contribution in [1.29, 1.82) is 0 Å². The lowest BCUT2D eigenvalue weighted by atomic mass is 9.91. The lowest BCUT2D eigenvalue weighted by Gasteiger charge is -2.35. The molecule has 0 bridgehead atoms. The SMILES string of the molecule is CC1CN(c2nc(C(C)(C)C)c(I)cc2C(=O)NS(=O)(=O)c2cccc(N)n2)C(C)(C)C1. The fourth-order valence-corrected chi connectivity index (χ4v) is 6.33. The first-order valence-corrected chi connectivity index (χ1v) is 13.0. The van der Waals surface area contributed by atoms with Crippen LogP contribution in [0.5, 0.6) is 0 Å². The molecule has 0 spiro atoms. The van der Waals surface area contributed by atoms with Crippen LogP contribution in [0.4, 0.5) is 11.6 Å². The Bertz CT molecular complexity index is 1160. The number of carbonyl (C=O) groups is 1. The van der Waals surface area contributed by atoms with Gasteiger partial charge in [-0.25, -0.2) is 14.7 Å². The summed E-state index contributed by atoms with van der Waals surface area (Å²) in [6.07, 6.45) is 0.943. The predicted octanol–water partition coefficient (Wildman–Crippen LogP) is 3.70. The Morgan fingerprint density at radius 3 is 2.47 bits per heavy atom. The van der Waals surface area contributed by atoms with Crippen LogP contribution in [0.2, 0.25) is 0 Å². The Kier molecular flexibility index (Phi) is 6.51. The second kappa shape index (κ2) is 8.44. The van der Waals surface area contributed by atoms with Crippen LogP contribution in [-0.4, -0.2) is 36.4 Å². The summed E-state index contributed by atoms with van der Waals surface area (Å²) in [5, 5.41) is -0.309. The number of aromatic nitrogens is 2. The Morgan fingerprint density at radius 1 is 1.28 bits per heavy atom. The monoisotopic (exact) mass is 571 g/mol. The number of halogens is 1. The van der Waals surface area contributed by atoms with E-state index in [9.17, 15) is 13.2 Å². The van der Waals surface area contributed by atoms with Crippen LogP contribution in [0, 0.1) is 9.49 Å². The van der Waals surface area contributed by atoms with Crippen LogP contribution in [0.15, 0.2) is 29.3 Å². The van der Waals surface area contributed by atoms with Crippen molar-refractivity contribution >= 4 is 50.2 Å². The number of nitrogens with one attached hydrogen (secondary N) is 1. The van der Waals surface area contributed by atoms with Crippen molar-refractivity contribution in [2.75, 3.05) is 17.2 Å². The largest absolute Gasteiger partial charge is 0.384 e. The molecule has 0 radical (unpaired) electrons.